The van der Waals surface area contributed by atoms with Gasteiger partial charge in [-0.2, -0.15) is 0 Å². The van der Waals surface area contributed by atoms with Gasteiger partial charge in [-0.15, -0.1) is 0 Å². The molecule has 3 heterocycles. The lowest BCUT2D eigenvalue weighted by Crippen LogP contribution is -2.55. The molecule has 0 saturated heterocycles. The Kier molecular flexibility index (Phi) is 4.49. The second kappa shape index (κ2) is 7.06. The number of methoxy groups -OCH3 is 1. The molecule has 1 fully saturated rings. The molecule has 0 unspecified atom stereocenters. The molecule has 2 amide bonds. The minimum absolute atomic E-state index is 0.0413. The van der Waals surface area contributed by atoms with E-state index in [9.17, 15) is 9.59 Å². The van der Waals surface area contributed by atoms with Gasteiger partial charge in [0, 0.05) is 16.7 Å². The number of aromatic nitrogens is 2. The Hall–Kier alpha value is -3.89. The van der Waals surface area contributed by atoms with Crippen LogP contribution in [0.1, 0.15) is 42.7 Å². The van der Waals surface area contributed by atoms with Crippen LogP contribution >= 0.6 is 0 Å². The van der Waals surface area contributed by atoms with Gasteiger partial charge in [-0.05, 0) is 44.9 Å². The minimum Gasteiger partial charge on any atom is -0.487 e. The first-order valence-corrected chi connectivity index (χ1v) is 10.4. The standard InChI is InChI=1S/C22H23N5O6/c1-20(2)21(6-7-21)22(11-32-18(27-22)26-19(29)30)13-8-12(4-5-15(13)33-20)25-17(28)14-9-24-16(31-3)10-23-14/h4-5,8-10H,6-7,11H2,1-3H3,(H,25,28)(H,26,27)(H,29,30)/t22-/m0/s1. The molecule has 0 bridgehead atoms. The van der Waals surface area contributed by atoms with E-state index >= 15 is 0 Å². The number of carbonyl (C=O) groups is 2. The van der Waals surface area contributed by atoms with E-state index < -0.39 is 23.1 Å². The van der Waals surface area contributed by atoms with Crippen molar-refractivity contribution in [2.45, 2.75) is 37.8 Å². The van der Waals surface area contributed by atoms with Gasteiger partial charge in [0.1, 0.15) is 29.2 Å². The van der Waals surface area contributed by atoms with Gasteiger partial charge >= 0.3 is 6.09 Å². The van der Waals surface area contributed by atoms with Crippen LogP contribution in [0.3, 0.4) is 0 Å². The van der Waals surface area contributed by atoms with E-state index in [0.717, 1.165) is 18.4 Å². The number of anilines is 1. The predicted octanol–water partition coefficient (Wildman–Crippen LogP) is 2.54. The zero-order valence-corrected chi connectivity index (χ0v) is 18.3. The van der Waals surface area contributed by atoms with Crippen LogP contribution < -0.4 is 20.1 Å². The van der Waals surface area contributed by atoms with Crippen molar-refractivity contribution in [3.05, 3.63) is 41.9 Å². The highest BCUT2D eigenvalue weighted by atomic mass is 16.5. The number of nitrogens with one attached hydrogen (secondary N) is 2. The quantitative estimate of drug-likeness (QED) is 0.643. The van der Waals surface area contributed by atoms with Gasteiger partial charge in [0.2, 0.25) is 5.88 Å². The highest BCUT2D eigenvalue weighted by Crippen LogP contribution is 2.71. The summed E-state index contributed by atoms with van der Waals surface area (Å²) in [4.78, 5) is 36.7. The van der Waals surface area contributed by atoms with Crippen LogP contribution in [0.2, 0.25) is 0 Å². The third kappa shape index (κ3) is 3.14. The highest BCUT2D eigenvalue weighted by Gasteiger charge is 2.73. The van der Waals surface area contributed by atoms with E-state index in [1.165, 1.54) is 19.5 Å². The number of carbonyl (C=O) groups excluding carboxylic acids is 1. The van der Waals surface area contributed by atoms with E-state index in [1.54, 1.807) is 18.2 Å². The van der Waals surface area contributed by atoms with Gasteiger partial charge in [0.15, 0.2) is 0 Å². The molecule has 11 heteroatoms. The molecule has 172 valence electrons. The number of hydrogen-bond donors (Lipinski definition) is 3. The molecule has 5 rings (SSSR count). The summed E-state index contributed by atoms with van der Waals surface area (Å²) in [5, 5.41) is 14.2. The maximum Gasteiger partial charge on any atom is 0.412 e. The molecule has 2 aromatic rings. The van der Waals surface area contributed by atoms with Crippen LogP contribution in [-0.2, 0) is 10.3 Å². The maximum absolute atomic E-state index is 12.7. The molecule has 1 aromatic carbocycles. The van der Waals surface area contributed by atoms with Gasteiger partial charge < -0.3 is 24.6 Å². The molecule has 33 heavy (non-hydrogen) atoms. The van der Waals surface area contributed by atoms with Crippen LogP contribution in [-0.4, -0.2) is 52.4 Å². The number of carboxylic acid groups (broad SMARTS) is 1. The third-order valence-electron chi connectivity index (χ3n) is 6.74. The lowest BCUT2D eigenvalue weighted by Gasteiger charge is -2.49. The molecule has 2 spiro atoms. The Balaban J connectivity index is 1.52. The lowest BCUT2D eigenvalue weighted by atomic mass is 9.66. The first kappa shape index (κ1) is 21.0. The fourth-order valence-corrected chi connectivity index (χ4v) is 4.97. The summed E-state index contributed by atoms with van der Waals surface area (Å²) in [6.45, 7) is 4.20. The fraction of sp³-hybridized carbons (Fsp3) is 0.409. The molecular formula is C22H23N5O6. The molecule has 3 N–H and O–H groups in total. The van der Waals surface area contributed by atoms with E-state index in [4.69, 9.17) is 24.3 Å². The second-order valence-electron chi connectivity index (χ2n) is 8.80. The molecule has 1 saturated carbocycles. The normalized spacial score (nSPS) is 23.1. The molecular weight excluding hydrogens is 430 g/mol. The number of rotatable bonds is 3. The van der Waals surface area contributed by atoms with Crippen molar-refractivity contribution in [1.29, 1.82) is 0 Å². The molecule has 1 aliphatic carbocycles. The Bertz CT molecular complexity index is 1170. The zero-order valence-electron chi connectivity index (χ0n) is 18.3. The monoisotopic (exact) mass is 453 g/mol. The number of amides is 2. The maximum atomic E-state index is 12.7. The van der Waals surface area contributed by atoms with E-state index in [-0.39, 0.29) is 23.7 Å². The summed E-state index contributed by atoms with van der Waals surface area (Å²) in [5.74, 6) is 0.488. The molecule has 1 atom stereocenters. The van der Waals surface area contributed by atoms with Crippen LogP contribution in [0.5, 0.6) is 11.6 Å². The number of ether oxygens (including phenoxy) is 3. The van der Waals surface area contributed by atoms with Crippen molar-refractivity contribution in [2.24, 2.45) is 10.4 Å². The van der Waals surface area contributed by atoms with E-state index in [1.807, 2.05) is 13.8 Å². The average molecular weight is 453 g/mol. The van der Waals surface area contributed by atoms with Crippen LogP contribution in [0.4, 0.5) is 10.5 Å². The second-order valence-corrected chi connectivity index (χ2v) is 8.80. The van der Waals surface area contributed by atoms with Gasteiger partial charge in [-0.3, -0.25) is 4.79 Å². The third-order valence-corrected chi connectivity index (χ3v) is 6.74. The largest absolute Gasteiger partial charge is 0.487 e. The summed E-state index contributed by atoms with van der Waals surface area (Å²) < 4.78 is 17.0. The average Bonchev–Trinajstić information content (AvgIpc) is 3.51. The summed E-state index contributed by atoms with van der Waals surface area (Å²) in [5.41, 5.74) is -0.365. The lowest BCUT2D eigenvalue weighted by molar-refractivity contribution is -0.0478. The fourth-order valence-electron chi connectivity index (χ4n) is 4.97. The Morgan fingerprint density at radius 1 is 1.15 bits per heavy atom. The summed E-state index contributed by atoms with van der Waals surface area (Å²) >= 11 is 0. The molecule has 1 aromatic heterocycles. The Morgan fingerprint density at radius 3 is 2.58 bits per heavy atom. The van der Waals surface area contributed by atoms with Gasteiger partial charge in [-0.1, -0.05) is 0 Å². The van der Waals surface area contributed by atoms with Gasteiger partial charge in [0.25, 0.3) is 11.9 Å². The Morgan fingerprint density at radius 2 is 1.94 bits per heavy atom. The SMILES string of the molecule is COc1cnc(C(=O)Nc2ccc3c(c2)[C@@]2(COC(NC(=O)O)=N2)C2(CC2)C(C)(C)O3)cn1. The number of fused-ring (bicyclic) bond motifs is 3. The van der Waals surface area contributed by atoms with Crippen molar-refractivity contribution in [1.82, 2.24) is 15.3 Å². The first-order chi connectivity index (χ1) is 15.7. The van der Waals surface area contributed by atoms with Gasteiger partial charge in [0.05, 0.1) is 19.5 Å². The predicted molar refractivity (Wildman–Crippen MR) is 116 cm³/mol. The molecule has 0 radical (unpaired) electrons. The minimum atomic E-state index is -1.25. The van der Waals surface area contributed by atoms with E-state index in [0.29, 0.717) is 17.3 Å². The zero-order chi connectivity index (χ0) is 23.4. The number of aliphatic imine (C=N–C) groups is 1. The van der Waals surface area contributed by atoms with Crippen molar-refractivity contribution >= 4 is 23.7 Å². The van der Waals surface area contributed by atoms with Crippen molar-refractivity contribution in [3.8, 4) is 11.6 Å². The van der Waals surface area contributed by atoms with Crippen molar-refractivity contribution in [2.75, 3.05) is 19.0 Å². The number of benzene rings is 1. The van der Waals surface area contributed by atoms with E-state index in [2.05, 4.69) is 20.6 Å². The highest BCUT2D eigenvalue weighted by molar-refractivity contribution is 6.02. The number of nitrogens with zero attached hydrogens (tertiary/aromatic N) is 3. The van der Waals surface area contributed by atoms with Gasteiger partial charge in [-0.25, -0.2) is 25.1 Å². The van der Waals surface area contributed by atoms with Crippen molar-refractivity contribution in [3.63, 3.8) is 0 Å². The summed E-state index contributed by atoms with van der Waals surface area (Å²) in [7, 11) is 1.47. The molecule has 3 aliphatic rings. The topological polar surface area (TPSA) is 144 Å². The summed E-state index contributed by atoms with van der Waals surface area (Å²) in [6, 6.07) is 5.27. The summed E-state index contributed by atoms with van der Waals surface area (Å²) in [6.07, 6.45) is 3.15. The number of amidine groups is 1. The van der Waals surface area contributed by atoms with Crippen LogP contribution in [0, 0.1) is 5.41 Å². The number of hydrogen-bond acceptors (Lipinski definition) is 8. The van der Waals surface area contributed by atoms with Crippen LogP contribution in [0.25, 0.3) is 0 Å². The Labute approximate surface area is 189 Å². The smallest absolute Gasteiger partial charge is 0.412 e. The molecule has 2 aliphatic heterocycles. The van der Waals surface area contributed by atoms with Crippen LogP contribution in [0.15, 0.2) is 35.6 Å². The van der Waals surface area contributed by atoms with Crippen molar-refractivity contribution < 1.29 is 28.9 Å². The first-order valence-electron chi connectivity index (χ1n) is 10.4. The molecule has 11 nitrogen and oxygen atoms in total.